The van der Waals surface area contributed by atoms with E-state index in [2.05, 4.69) is 10.2 Å². The van der Waals surface area contributed by atoms with Crippen LogP contribution in [-0.4, -0.2) is 66.3 Å². The van der Waals surface area contributed by atoms with Gasteiger partial charge in [0.05, 0.1) is 25.4 Å². The van der Waals surface area contributed by atoms with Crippen molar-refractivity contribution < 1.29 is 14.3 Å². The van der Waals surface area contributed by atoms with E-state index in [1.165, 1.54) is 0 Å². The molecule has 9 nitrogen and oxygen atoms in total. The van der Waals surface area contributed by atoms with Gasteiger partial charge in [-0.25, -0.2) is 19.7 Å². The number of hydrogen-bond acceptors (Lipinski definition) is 7. The maximum atomic E-state index is 13.0. The standard InChI is InChI=1S/C33H32N6O3/c1-22-8-7-11-25(20-22)34-33(40)39-18-16-38(17-19-39)32-30-27(36-31(37-32)23-9-5-4-6-10-23)14-13-26(35-30)24-12-15-28(41-2)29(21-24)42-3/h4-15,20-21H,16-19H2,1-3H3,(H,34,40). The van der Waals surface area contributed by atoms with E-state index in [0.717, 1.165) is 39.4 Å². The Morgan fingerprint density at radius 3 is 2.29 bits per heavy atom. The van der Waals surface area contributed by atoms with Gasteiger partial charge in [0.25, 0.3) is 0 Å². The predicted molar refractivity (Wildman–Crippen MR) is 165 cm³/mol. The van der Waals surface area contributed by atoms with Gasteiger partial charge in [-0.05, 0) is 55.0 Å². The molecule has 0 aliphatic carbocycles. The largest absolute Gasteiger partial charge is 0.493 e. The second-order valence-corrected chi connectivity index (χ2v) is 10.1. The average Bonchev–Trinajstić information content (AvgIpc) is 3.04. The number of aromatic nitrogens is 3. The number of carbonyl (C=O) groups excluding carboxylic acids is 1. The van der Waals surface area contributed by atoms with Crippen LogP contribution in [0.5, 0.6) is 11.5 Å². The lowest BCUT2D eigenvalue weighted by atomic mass is 10.1. The van der Waals surface area contributed by atoms with Gasteiger partial charge in [0.15, 0.2) is 23.1 Å². The van der Waals surface area contributed by atoms with Crippen LogP contribution < -0.4 is 19.7 Å². The lowest BCUT2D eigenvalue weighted by Crippen LogP contribution is -2.50. The van der Waals surface area contributed by atoms with Gasteiger partial charge in [-0.1, -0.05) is 42.5 Å². The van der Waals surface area contributed by atoms with E-state index in [-0.39, 0.29) is 6.03 Å². The molecule has 42 heavy (non-hydrogen) atoms. The summed E-state index contributed by atoms with van der Waals surface area (Å²) in [5.74, 6) is 2.68. The van der Waals surface area contributed by atoms with E-state index in [1.807, 2.05) is 96.8 Å². The molecule has 2 aromatic heterocycles. The van der Waals surface area contributed by atoms with E-state index in [1.54, 1.807) is 14.2 Å². The van der Waals surface area contributed by atoms with Crippen molar-refractivity contribution in [3.05, 3.63) is 90.5 Å². The summed E-state index contributed by atoms with van der Waals surface area (Å²) in [5.41, 5.74) is 5.95. The van der Waals surface area contributed by atoms with Crippen molar-refractivity contribution in [1.82, 2.24) is 19.9 Å². The number of nitrogens with one attached hydrogen (secondary N) is 1. The van der Waals surface area contributed by atoms with Gasteiger partial charge >= 0.3 is 6.03 Å². The van der Waals surface area contributed by atoms with Gasteiger partial charge in [-0.15, -0.1) is 0 Å². The zero-order chi connectivity index (χ0) is 29.1. The van der Waals surface area contributed by atoms with Gasteiger partial charge < -0.3 is 24.6 Å². The molecule has 9 heteroatoms. The molecular weight excluding hydrogens is 528 g/mol. The van der Waals surface area contributed by atoms with Gasteiger partial charge in [0.2, 0.25) is 0 Å². The van der Waals surface area contributed by atoms with E-state index < -0.39 is 0 Å². The number of ether oxygens (including phenoxy) is 2. The Hall–Kier alpha value is -5.18. The summed E-state index contributed by atoms with van der Waals surface area (Å²) in [7, 11) is 3.24. The van der Waals surface area contributed by atoms with Crippen molar-refractivity contribution >= 4 is 28.6 Å². The maximum absolute atomic E-state index is 13.0. The van der Waals surface area contributed by atoms with E-state index in [9.17, 15) is 4.79 Å². The molecule has 3 aromatic carbocycles. The number of hydrogen-bond donors (Lipinski definition) is 1. The SMILES string of the molecule is COc1ccc(-c2ccc3nc(-c4ccccc4)nc(N4CCN(C(=O)Nc5cccc(C)c5)CC4)c3n2)cc1OC. The molecule has 6 rings (SSSR count). The minimum Gasteiger partial charge on any atom is -0.493 e. The molecule has 0 spiro atoms. The van der Waals surface area contributed by atoms with Gasteiger partial charge in [-0.2, -0.15) is 0 Å². The van der Waals surface area contributed by atoms with E-state index >= 15 is 0 Å². The maximum Gasteiger partial charge on any atom is 0.321 e. The summed E-state index contributed by atoms with van der Waals surface area (Å²) in [6.45, 7) is 4.35. The quantitative estimate of drug-likeness (QED) is 0.271. The zero-order valence-electron chi connectivity index (χ0n) is 23.9. The number of urea groups is 1. The molecule has 212 valence electrons. The molecule has 1 aliphatic heterocycles. The van der Waals surface area contributed by atoms with Crippen molar-refractivity contribution in [2.75, 3.05) is 50.6 Å². The van der Waals surface area contributed by atoms with E-state index in [0.29, 0.717) is 49.0 Å². The summed E-state index contributed by atoms with van der Waals surface area (Å²) in [6.07, 6.45) is 0. The number of fused-ring (bicyclic) bond motifs is 1. The second kappa shape index (κ2) is 11.7. The molecule has 1 aliphatic rings. The predicted octanol–water partition coefficient (Wildman–Crippen LogP) is 6.04. The number of methoxy groups -OCH3 is 2. The number of amides is 2. The highest BCUT2D eigenvalue weighted by Crippen LogP contribution is 2.34. The first-order valence-corrected chi connectivity index (χ1v) is 13.9. The molecular formula is C33H32N6O3. The van der Waals surface area contributed by atoms with Crippen molar-refractivity contribution in [3.8, 4) is 34.1 Å². The van der Waals surface area contributed by atoms with Gasteiger partial charge in [0.1, 0.15) is 5.52 Å². The molecule has 0 radical (unpaired) electrons. The number of aryl methyl sites for hydroxylation is 1. The summed E-state index contributed by atoms with van der Waals surface area (Å²) in [4.78, 5) is 32.0. The Bertz CT molecular complexity index is 1740. The smallest absolute Gasteiger partial charge is 0.321 e. The lowest BCUT2D eigenvalue weighted by Gasteiger charge is -2.35. The van der Waals surface area contributed by atoms with Gasteiger partial charge in [-0.3, -0.25) is 0 Å². The minimum atomic E-state index is -0.105. The Labute approximate surface area is 244 Å². The first-order chi connectivity index (χ1) is 20.5. The summed E-state index contributed by atoms with van der Waals surface area (Å²) >= 11 is 0. The molecule has 1 fully saturated rings. The molecule has 1 saturated heterocycles. The minimum absolute atomic E-state index is 0.105. The molecule has 1 N–H and O–H groups in total. The number of anilines is 2. The highest BCUT2D eigenvalue weighted by atomic mass is 16.5. The lowest BCUT2D eigenvalue weighted by molar-refractivity contribution is 0.208. The van der Waals surface area contributed by atoms with Crippen LogP contribution in [0.25, 0.3) is 33.7 Å². The van der Waals surface area contributed by atoms with Crippen LogP contribution in [-0.2, 0) is 0 Å². The highest BCUT2D eigenvalue weighted by molar-refractivity contribution is 5.91. The first kappa shape index (κ1) is 27.0. The van der Waals surface area contributed by atoms with Crippen LogP contribution in [0.1, 0.15) is 5.56 Å². The molecule has 0 saturated carbocycles. The summed E-state index contributed by atoms with van der Waals surface area (Å²) < 4.78 is 10.9. The molecule has 0 atom stereocenters. The Kier molecular flexibility index (Phi) is 7.55. The molecule has 2 amide bonds. The number of benzene rings is 3. The zero-order valence-corrected chi connectivity index (χ0v) is 23.9. The third-order valence-corrected chi connectivity index (χ3v) is 7.37. The van der Waals surface area contributed by atoms with Crippen molar-refractivity contribution in [2.45, 2.75) is 6.92 Å². The first-order valence-electron chi connectivity index (χ1n) is 13.9. The molecule has 0 bridgehead atoms. The van der Waals surface area contributed by atoms with Crippen molar-refractivity contribution in [1.29, 1.82) is 0 Å². The van der Waals surface area contributed by atoms with Gasteiger partial charge in [0, 0.05) is 43.0 Å². The summed E-state index contributed by atoms with van der Waals surface area (Å²) in [6, 6.07) is 27.3. The van der Waals surface area contributed by atoms with Crippen LogP contribution in [0.15, 0.2) is 84.9 Å². The van der Waals surface area contributed by atoms with E-state index in [4.69, 9.17) is 24.4 Å². The monoisotopic (exact) mass is 560 g/mol. The third-order valence-electron chi connectivity index (χ3n) is 7.37. The fraction of sp³-hybridized carbons (Fsp3) is 0.212. The number of rotatable bonds is 6. The number of piperazine rings is 1. The highest BCUT2D eigenvalue weighted by Gasteiger charge is 2.25. The van der Waals surface area contributed by atoms with Crippen LogP contribution >= 0.6 is 0 Å². The second-order valence-electron chi connectivity index (χ2n) is 10.1. The fourth-order valence-electron chi connectivity index (χ4n) is 5.14. The number of carbonyl (C=O) groups is 1. The van der Waals surface area contributed by atoms with Crippen LogP contribution in [0.3, 0.4) is 0 Å². The van der Waals surface area contributed by atoms with Crippen LogP contribution in [0.2, 0.25) is 0 Å². The molecule has 3 heterocycles. The third kappa shape index (κ3) is 5.54. The fourth-order valence-corrected chi connectivity index (χ4v) is 5.14. The topological polar surface area (TPSA) is 92.7 Å². The van der Waals surface area contributed by atoms with Crippen molar-refractivity contribution in [3.63, 3.8) is 0 Å². The number of nitrogens with zero attached hydrogens (tertiary/aromatic N) is 5. The van der Waals surface area contributed by atoms with Crippen LogP contribution in [0, 0.1) is 6.92 Å². The Balaban J connectivity index is 1.33. The molecule has 5 aromatic rings. The van der Waals surface area contributed by atoms with Crippen molar-refractivity contribution in [2.24, 2.45) is 0 Å². The Morgan fingerprint density at radius 2 is 1.55 bits per heavy atom. The Morgan fingerprint density at radius 1 is 0.762 bits per heavy atom. The van der Waals surface area contributed by atoms with Crippen LogP contribution in [0.4, 0.5) is 16.3 Å². The molecule has 0 unspecified atom stereocenters. The average molecular weight is 561 g/mol. The summed E-state index contributed by atoms with van der Waals surface area (Å²) in [5, 5.41) is 3.02. The normalized spacial score (nSPS) is 13.2. The number of pyridine rings is 1.